The molecule has 1 spiro atoms. The van der Waals surface area contributed by atoms with E-state index in [1.54, 1.807) is 11.8 Å². The van der Waals surface area contributed by atoms with Crippen LogP contribution in [0.2, 0.25) is 0 Å². The van der Waals surface area contributed by atoms with Crippen molar-refractivity contribution in [3.05, 3.63) is 24.3 Å². The maximum Gasteiger partial charge on any atom is 0.321 e. The van der Waals surface area contributed by atoms with E-state index < -0.39 is 0 Å². The molecule has 1 unspecified atom stereocenters. The smallest absolute Gasteiger partial charge is 0.321 e. The van der Waals surface area contributed by atoms with E-state index in [2.05, 4.69) is 10.2 Å². The molecule has 1 aliphatic carbocycles. The van der Waals surface area contributed by atoms with Crippen LogP contribution in [0, 0.1) is 5.41 Å². The molecule has 0 radical (unpaired) electrons. The fourth-order valence-corrected chi connectivity index (χ4v) is 4.84. The van der Waals surface area contributed by atoms with Gasteiger partial charge in [-0.3, -0.25) is 4.79 Å². The lowest BCUT2D eigenvalue weighted by molar-refractivity contribution is -0.139. The number of amides is 3. The Morgan fingerprint density at radius 3 is 2.88 bits per heavy atom. The number of likely N-dealkylation sites (tertiary alicyclic amines) is 2. The predicted octanol–water partition coefficient (Wildman–Crippen LogP) is 3.81. The van der Waals surface area contributed by atoms with Crippen molar-refractivity contribution in [3.8, 4) is 0 Å². The van der Waals surface area contributed by atoms with E-state index in [1.165, 1.54) is 0 Å². The number of anilines is 1. The zero-order valence-corrected chi connectivity index (χ0v) is 16.2. The van der Waals surface area contributed by atoms with E-state index >= 15 is 0 Å². The summed E-state index contributed by atoms with van der Waals surface area (Å²) < 4.78 is 0. The predicted molar refractivity (Wildman–Crippen MR) is 104 cm³/mol. The highest BCUT2D eigenvalue weighted by Gasteiger charge is 2.46. The number of carbonyl (C=O) groups is 2. The number of rotatable bonds is 3. The molecule has 0 bridgehead atoms. The molecule has 1 atom stereocenters. The van der Waals surface area contributed by atoms with Gasteiger partial charge in [0, 0.05) is 48.1 Å². The molecule has 2 aliphatic heterocycles. The zero-order valence-electron chi connectivity index (χ0n) is 15.4. The van der Waals surface area contributed by atoms with Crippen molar-refractivity contribution in [3.63, 3.8) is 0 Å². The van der Waals surface area contributed by atoms with E-state index in [0.29, 0.717) is 18.4 Å². The average molecular weight is 374 g/mol. The largest absolute Gasteiger partial charge is 0.339 e. The summed E-state index contributed by atoms with van der Waals surface area (Å²) in [7, 11) is 0. The van der Waals surface area contributed by atoms with E-state index in [4.69, 9.17) is 0 Å². The third-order valence-corrected chi connectivity index (χ3v) is 6.68. The summed E-state index contributed by atoms with van der Waals surface area (Å²) in [5, 5.41) is 3.06. The van der Waals surface area contributed by atoms with Gasteiger partial charge >= 0.3 is 6.03 Å². The SMILES string of the molecule is CSc1cccc(NC(=O)N2CCCC3(CCC(=O)N(C4CC4)C3)C2)c1. The monoisotopic (exact) mass is 373 g/mol. The summed E-state index contributed by atoms with van der Waals surface area (Å²) >= 11 is 1.67. The lowest BCUT2D eigenvalue weighted by Gasteiger charge is -2.48. The molecule has 1 N–H and O–H groups in total. The average Bonchev–Trinajstić information content (AvgIpc) is 3.49. The van der Waals surface area contributed by atoms with Crippen LogP contribution >= 0.6 is 11.8 Å². The number of nitrogens with zero attached hydrogens (tertiary/aromatic N) is 2. The number of hydrogen-bond acceptors (Lipinski definition) is 3. The third-order valence-electron chi connectivity index (χ3n) is 5.95. The molecule has 3 fully saturated rings. The molecule has 1 saturated carbocycles. The van der Waals surface area contributed by atoms with Crippen molar-refractivity contribution >= 4 is 29.4 Å². The molecule has 1 aromatic rings. The van der Waals surface area contributed by atoms with Crippen LogP contribution in [0.4, 0.5) is 10.5 Å². The first-order chi connectivity index (χ1) is 12.6. The molecule has 0 aromatic heterocycles. The summed E-state index contributed by atoms with van der Waals surface area (Å²) in [4.78, 5) is 30.3. The molecule has 2 saturated heterocycles. The molecule has 3 aliphatic rings. The zero-order chi connectivity index (χ0) is 18.1. The van der Waals surface area contributed by atoms with Crippen LogP contribution in [0.15, 0.2) is 29.2 Å². The van der Waals surface area contributed by atoms with Gasteiger partial charge in [-0.15, -0.1) is 11.8 Å². The second-order valence-corrected chi connectivity index (χ2v) is 8.82. The van der Waals surface area contributed by atoms with Gasteiger partial charge in [-0.2, -0.15) is 0 Å². The van der Waals surface area contributed by atoms with E-state index in [-0.39, 0.29) is 11.4 Å². The first kappa shape index (κ1) is 17.7. The molecule has 26 heavy (non-hydrogen) atoms. The second kappa shape index (κ2) is 7.14. The van der Waals surface area contributed by atoms with E-state index in [0.717, 1.165) is 62.3 Å². The first-order valence-corrected chi connectivity index (χ1v) is 10.8. The van der Waals surface area contributed by atoms with Gasteiger partial charge in [0.15, 0.2) is 0 Å². The maximum absolute atomic E-state index is 12.8. The summed E-state index contributed by atoms with van der Waals surface area (Å²) in [6, 6.07) is 8.42. The topological polar surface area (TPSA) is 52.7 Å². The first-order valence-electron chi connectivity index (χ1n) is 9.58. The number of piperidine rings is 2. The number of nitrogens with one attached hydrogen (secondary N) is 1. The van der Waals surface area contributed by atoms with Crippen LogP contribution in [0.3, 0.4) is 0 Å². The Morgan fingerprint density at radius 1 is 1.27 bits per heavy atom. The van der Waals surface area contributed by atoms with Crippen LogP contribution in [0.1, 0.15) is 38.5 Å². The summed E-state index contributed by atoms with van der Waals surface area (Å²) in [5.74, 6) is 0.314. The van der Waals surface area contributed by atoms with Crippen LogP contribution < -0.4 is 5.32 Å². The fraction of sp³-hybridized carbons (Fsp3) is 0.600. The van der Waals surface area contributed by atoms with Gasteiger partial charge in [-0.25, -0.2) is 4.79 Å². The van der Waals surface area contributed by atoms with Crippen molar-refractivity contribution in [2.75, 3.05) is 31.2 Å². The standard InChI is InChI=1S/C20H27N3O2S/c1-26-17-5-2-4-15(12-17)21-19(25)22-11-3-9-20(13-22)10-8-18(24)23(14-20)16-6-7-16/h2,4-5,12,16H,3,6-11,13-14H2,1H3,(H,21,25). The van der Waals surface area contributed by atoms with Gasteiger partial charge < -0.3 is 15.1 Å². The van der Waals surface area contributed by atoms with Crippen LogP contribution in [-0.2, 0) is 4.79 Å². The molecule has 5 nitrogen and oxygen atoms in total. The maximum atomic E-state index is 12.8. The summed E-state index contributed by atoms with van der Waals surface area (Å²) in [6.45, 7) is 2.40. The normalized spacial score (nSPS) is 26.3. The molecule has 2 heterocycles. The molecular formula is C20H27N3O2S. The van der Waals surface area contributed by atoms with Gasteiger partial charge in [-0.05, 0) is 56.6 Å². The van der Waals surface area contributed by atoms with Crippen molar-refractivity contribution in [2.45, 2.75) is 49.5 Å². The summed E-state index contributed by atoms with van der Waals surface area (Å²) in [5.41, 5.74) is 0.938. The second-order valence-electron chi connectivity index (χ2n) is 7.94. The highest BCUT2D eigenvalue weighted by atomic mass is 32.2. The van der Waals surface area contributed by atoms with Gasteiger partial charge in [0.1, 0.15) is 0 Å². The Labute approximate surface area is 159 Å². The number of thioether (sulfide) groups is 1. The minimum atomic E-state index is -0.0165. The van der Waals surface area contributed by atoms with Crippen LogP contribution in [0.25, 0.3) is 0 Å². The Morgan fingerprint density at radius 2 is 2.12 bits per heavy atom. The molecular weight excluding hydrogens is 346 g/mol. The minimum Gasteiger partial charge on any atom is -0.339 e. The van der Waals surface area contributed by atoms with Crippen molar-refractivity contribution in [2.24, 2.45) is 5.41 Å². The Bertz CT molecular complexity index is 706. The Balaban J connectivity index is 1.42. The van der Waals surface area contributed by atoms with Gasteiger partial charge in [0.25, 0.3) is 0 Å². The molecule has 140 valence electrons. The lowest BCUT2D eigenvalue weighted by atomic mass is 9.73. The Hall–Kier alpha value is -1.69. The number of benzene rings is 1. The number of urea groups is 1. The van der Waals surface area contributed by atoms with Crippen LogP contribution in [-0.4, -0.2) is 53.7 Å². The van der Waals surface area contributed by atoms with Crippen LogP contribution in [0.5, 0.6) is 0 Å². The molecule has 6 heteroatoms. The summed E-state index contributed by atoms with van der Waals surface area (Å²) in [6.07, 6.45) is 8.03. The lowest BCUT2D eigenvalue weighted by Crippen LogP contribution is -2.56. The van der Waals surface area contributed by atoms with E-state index in [1.807, 2.05) is 35.4 Å². The van der Waals surface area contributed by atoms with Gasteiger partial charge in [0.05, 0.1) is 0 Å². The van der Waals surface area contributed by atoms with Crippen molar-refractivity contribution in [1.29, 1.82) is 0 Å². The Kier molecular flexibility index (Phi) is 4.86. The van der Waals surface area contributed by atoms with E-state index in [9.17, 15) is 9.59 Å². The van der Waals surface area contributed by atoms with Gasteiger partial charge in [-0.1, -0.05) is 6.07 Å². The molecule has 4 rings (SSSR count). The third kappa shape index (κ3) is 3.70. The molecule has 1 aromatic carbocycles. The quantitative estimate of drug-likeness (QED) is 0.820. The molecule has 3 amide bonds. The highest BCUT2D eigenvalue weighted by molar-refractivity contribution is 7.98. The number of hydrogen-bond donors (Lipinski definition) is 1. The van der Waals surface area contributed by atoms with Crippen molar-refractivity contribution in [1.82, 2.24) is 9.80 Å². The highest BCUT2D eigenvalue weighted by Crippen LogP contribution is 2.42. The number of carbonyl (C=O) groups excluding carboxylic acids is 2. The fourth-order valence-electron chi connectivity index (χ4n) is 4.38. The van der Waals surface area contributed by atoms with Gasteiger partial charge in [0.2, 0.25) is 5.91 Å². The minimum absolute atomic E-state index is 0.0165. The van der Waals surface area contributed by atoms with Crippen molar-refractivity contribution < 1.29 is 9.59 Å².